The molecule has 0 aromatic carbocycles. The number of nitrogens with one attached hydrogen (secondary N) is 1. The Kier molecular flexibility index (Phi) is 34.8. The minimum atomic E-state index is -5.07. The van der Waals surface area contributed by atoms with E-state index in [2.05, 4.69) is 19.2 Å². The summed E-state index contributed by atoms with van der Waals surface area (Å²) < 4.78 is 22.9. The first-order valence-electron chi connectivity index (χ1n) is 24.1. The summed E-state index contributed by atoms with van der Waals surface area (Å²) in [7, 11) is -5.07. The van der Waals surface area contributed by atoms with Crippen LogP contribution in [0.1, 0.15) is 219 Å². The van der Waals surface area contributed by atoms with Gasteiger partial charge in [0.05, 0.1) is 18.8 Å². The number of carbonyl (C=O) groups excluding carboxylic acids is 1. The molecule has 6 unspecified atom stereocenters. The van der Waals surface area contributed by atoms with Crippen molar-refractivity contribution >= 4 is 13.7 Å². The maximum Gasteiger partial charge on any atom is 0.472 e. The molecule has 1 rings (SSSR count). The molecule has 0 heterocycles. The fraction of sp³-hybridized carbons (Fsp3) is 0.935. The Morgan fingerprint density at radius 2 is 0.898 bits per heavy atom. The monoisotopic (exact) mass is 864 g/mol. The van der Waals surface area contributed by atoms with Gasteiger partial charge in [0.2, 0.25) is 5.91 Å². The zero-order valence-electron chi connectivity index (χ0n) is 37.3. The highest BCUT2D eigenvalue weighted by Gasteiger charge is 2.51. The Morgan fingerprint density at radius 3 is 1.29 bits per heavy atom. The van der Waals surface area contributed by atoms with Crippen molar-refractivity contribution < 1.29 is 53.9 Å². The summed E-state index contributed by atoms with van der Waals surface area (Å²) in [5, 5.41) is 64.0. The molecule has 0 aromatic heterocycles. The van der Waals surface area contributed by atoms with E-state index in [1.54, 1.807) is 0 Å². The smallest absolute Gasteiger partial charge is 0.387 e. The lowest BCUT2D eigenvalue weighted by Crippen LogP contribution is -2.64. The largest absolute Gasteiger partial charge is 0.472 e. The quantitative estimate of drug-likeness (QED) is 0.0166. The Morgan fingerprint density at radius 1 is 0.559 bits per heavy atom. The molecular formula is C46H90NO11P. The van der Waals surface area contributed by atoms with E-state index in [9.17, 15) is 44.9 Å². The molecule has 12 nitrogen and oxygen atoms in total. The third kappa shape index (κ3) is 28.4. The van der Waals surface area contributed by atoms with Crippen LogP contribution in [0.4, 0.5) is 0 Å². The first-order valence-corrected chi connectivity index (χ1v) is 25.6. The first kappa shape index (κ1) is 56.1. The summed E-state index contributed by atoms with van der Waals surface area (Å²) in [6.45, 7) is 3.85. The Hall–Kier alpha value is -0.920. The molecule has 1 fully saturated rings. The normalized spacial score (nSPS) is 23.1. The number of hydrogen-bond donors (Lipinski definition) is 8. The van der Waals surface area contributed by atoms with Crippen LogP contribution in [-0.4, -0.2) is 96.8 Å². The zero-order chi connectivity index (χ0) is 43.6. The van der Waals surface area contributed by atoms with Gasteiger partial charge in [0, 0.05) is 6.42 Å². The SMILES string of the molecule is CCCCCCCCCCCCCC/C=C/[C@@H](O)[C@H](COP(=O)(O)OC1C(O)C(O)C(O)[C@@H](O)C1O)NC(=O)CCCCCCCCCCCCCCCCCCCC. The average Bonchev–Trinajstić information content (AvgIpc) is 3.22. The fourth-order valence-corrected chi connectivity index (χ4v) is 8.81. The van der Waals surface area contributed by atoms with Gasteiger partial charge in [-0.25, -0.2) is 4.57 Å². The van der Waals surface area contributed by atoms with Gasteiger partial charge in [-0.1, -0.05) is 206 Å². The summed E-state index contributed by atoms with van der Waals surface area (Å²) in [4.78, 5) is 23.4. The lowest BCUT2D eigenvalue weighted by atomic mass is 9.85. The third-order valence-corrected chi connectivity index (χ3v) is 12.8. The summed E-state index contributed by atoms with van der Waals surface area (Å²) >= 11 is 0. The Bertz CT molecular complexity index is 1050. The van der Waals surface area contributed by atoms with Crippen LogP contribution in [0.2, 0.25) is 0 Å². The minimum absolute atomic E-state index is 0.219. The van der Waals surface area contributed by atoms with Gasteiger partial charge in [-0.15, -0.1) is 0 Å². The molecule has 13 heteroatoms. The predicted molar refractivity (Wildman–Crippen MR) is 237 cm³/mol. The van der Waals surface area contributed by atoms with E-state index in [1.807, 2.05) is 6.08 Å². The number of carbonyl (C=O) groups is 1. The van der Waals surface area contributed by atoms with Gasteiger partial charge in [-0.3, -0.25) is 13.8 Å². The van der Waals surface area contributed by atoms with Crippen molar-refractivity contribution in [3.05, 3.63) is 12.2 Å². The van der Waals surface area contributed by atoms with Gasteiger partial charge < -0.3 is 40.8 Å². The predicted octanol–water partition coefficient (Wildman–Crippen LogP) is 9.23. The molecule has 1 saturated carbocycles. The summed E-state index contributed by atoms with van der Waals surface area (Å²) in [5.41, 5.74) is 0. The van der Waals surface area contributed by atoms with Crippen LogP contribution in [0.5, 0.6) is 0 Å². The van der Waals surface area contributed by atoms with Gasteiger partial charge in [-0.05, 0) is 19.3 Å². The lowest BCUT2D eigenvalue weighted by Gasteiger charge is -2.41. The number of unbranched alkanes of at least 4 members (excludes halogenated alkanes) is 29. The van der Waals surface area contributed by atoms with Gasteiger partial charge in [0.15, 0.2) is 0 Å². The molecule has 0 aromatic rings. The highest BCUT2D eigenvalue weighted by molar-refractivity contribution is 7.47. The summed E-state index contributed by atoms with van der Waals surface area (Å²) in [5.74, 6) is -0.337. The number of phosphoric ester groups is 1. The second kappa shape index (κ2) is 36.6. The second-order valence-electron chi connectivity index (χ2n) is 17.3. The van der Waals surface area contributed by atoms with Crippen LogP contribution in [-0.2, 0) is 18.4 Å². The summed E-state index contributed by atoms with van der Waals surface area (Å²) in [6.07, 6.45) is 28.5. The second-order valence-corrected chi connectivity index (χ2v) is 18.7. The van der Waals surface area contributed by atoms with Gasteiger partial charge in [0.25, 0.3) is 0 Å². The Labute approximate surface area is 359 Å². The van der Waals surface area contributed by atoms with Crippen LogP contribution in [0, 0.1) is 0 Å². The van der Waals surface area contributed by atoms with Crippen molar-refractivity contribution in [2.24, 2.45) is 0 Å². The number of phosphoric acid groups is 1. The van der Waals surface area contributed by atoms with Gasteiger partial charge >= 0.3 is 7.82 Å². The lowest BCUT2D eigenvalue weighted by molar-refractivity contribution is -0.220. The first-order chi connectivity index (χ1) is 28.4. The van der Waals surface area contributed by atoms with E-state index in [0.29, 0.717) is 6.42 Å². The molecule has 0 radical (unpaired) electrons. The maximum atomic E-state index is 13.0. The molecule has 0 saturated heterocycles. The number of aliphatic hydroxyl groups excluding tert-OH is 6. The molecule has 1 aliphatic rings. The maximum absolute atomic E-state index is 13.0. The van der Waals surface area contributed by atoms with E-state index in [4.69, 9.17) is 9.05 Å². The van der Waals surface area contributed by atoms with E-state index < -0.39 is 63.2 Å². The van der Waals surface area contributed by atoms with Crippen molar-refractivity contribution in [2.45, 2.75) is 268 Å². The molecule has 1 amide bonds. The number of amides is 1. The van der Waals surface area contributed by atoms with E-state index in [1.165, 1.54) is 154 Å². The zero-order valence-corrected chi connectivity index (χ0v) is 38.2. The van der Waals surface area contributed by atoms with Crippen LogP contribution >= 0.6 is 7.82 Å². The highest BCUT2D eigenvalue weighted by Crippen LogP contribution is 2.47. The third-order valence-electron chi connectivity index (χ3n) is 11.8. The molecule has 1 aliphatic carbocycles. The number of rotatable bonds is 40. The number of hydrogen-bond acceptors (Lipinski definition) is 10. The van der Waals surface area contributed by atoms with Crippen LogP contribution in [0.25, 0.3) is 0 Å². The van der Waals surface area contributed by atoms with Crippen molar-refractivity contribution in [2.75, 3.05) is 6.61 Å². The summed E-state index contributed by atoms with van der Waals surface area (Å²) in [6, 6.07) is -1.11. The van der Waals surface area contributed by atoms with Crippen LogP contribution < -0.4 is 5.32 Å². The molecule has 350 valence electrons. The van der Waals surface area contributed by atoms with E-state index in [0.717, 1.165) is 44.9 Å². The molecule has 9 atom stereocenters. The minimum Gasteiger partial charge on any atom is -0.387 e. The number of aliphatic hydroxyl groups is 6. The van der Waals surface area contributed by atoms with E-state index in [-0.39, 0.29) is 12.3 Å². The van der Waals surface area contributed by atoms with Gasteiger partial charge in [-0.2, -0.15) is 0 Å². The highest BCUT2D eigenvalue weighted by atomic mass is 31.2. The van der Waals surface area contributed by atoms with Crippen molar-refractivity contribution in [3.63, 3.8) is 0 Å². The fourth-order valence-electron chi connectivity index (χ4n) is 7.84. The average molecular weight is 864 g/mol. The molecule has 8 N–H and O–H groups in total. The Balaban J connectivity index is 2.46. The van der Waals surface area contributed by atoms with Crippen LogP contribution in [0.15, 0.2) is 12.2 Å². The topological polar surface area (TPSA) is 206 Å². The standard InChI is InChI=1S/C46H90NO11P/c1-3-5-7-9-11-13-15-17-19-20-21-22-24-26-28-30-32-34-36-40(49)47-38(37-57-59(55,56)58-46-44(53)42(51)41(50)43(52)45(46)54)39(48)35-33-31-29-27-25-23-18-16-14-12-10-8-6-4-2/h33,35,38-39,41-46,48,50-54H,3-32,34,36-37H2,1-2H3,(H,47,49)(H,55,56)/b35-33+/t38-,39+,41?,42+,43?,44?,45?,46?/m0/s1. The number of allylic oxidation sites excluding steroid dienone is 1. The van der Waals surface area contributed by atoms with Crippen LogP contribution in [0.3, 0.4) is 0 Å². The van der Waals surface area contributed by atoms with Crippen molar-refractivity contribution in [1.29, 1.82) is 0 Å². The molecule has 0 aliphatic heterocycles. The molecule has 0 spiro atoms. The molecule has 0 bridgehead atoms. The van der Waals surface area contributed by atoms with E-state index >= 15 is 0 Å². The molecule has 59 heavy (non-hydrogen) atoms. The van der Waals surface area contributed by atoms with Crippen molar-refractivity contribution in [3.8, 4) is 0 Å². The molecular weight excluding hydrogens is 773 g/mol. The van der Waals surface area contributed by atoms with Crippen molar-refractivity contribution in [1.82, 2.24) is 5.32 Å². The van der Waals surface area contributed by atoms with Gasteiger partial charge in [0.1, 0.15) is 36.6 Å².